The van der Waals surface area contributed by atoms with E-state index in [1.807, 2.05) is 20.8 Å². The van der Waals surface area contributed by atoms with E-state index in [9.17, 15) is 33.8 Å². The topological polar surface area (TPSA) is 135 Å². The first-order valence-electron chi connectivity index (χ1n) is 13.6. The zero-order valence-corrected chi connectivity index (χ0v) is 23.5. The molecule has 1 aliphatic rings. The van der Waals surface area contributed by atoms with Gasteiger partial charge in [0.1, 0.15) is 11.6 Å². The van der Waals surface area contributed by atoms with Crippen molar-refractivity contribution in [2.24, 2.45) is 0 Å². The highest BCUT2D eigenvalue weighted by Crippen LogP contribution is 2.34. The molecule has 218 valence electrons. The maximum absolute atomic E-state index is 14.3. The summed E-state index contributed by atoms with van der Waals surface area (Å²) in [6, 6.07) is 11.4. The highest BCUT2D eigenvalue weighted by molar-refractivity contribution is 5.88. The number of aromatic nitrogens is 3. The van der Waals surface area contributed by atoms with Gasteiger partial charge in [0, 0.05) is 23.2 Å². The molecule has 2 N–H and O–H groups in total. The number of carboxylic acid groups (broad SMARTS) is 1. The fourth-order valence-electron chi connectivity index (χ4n) is 6.03. The fraction of sp³-hybridized carbons (Fsp3) is 0.323. The number of hydrogen-bond acceptors (Lipinski definition) is 6. The normalized spacial score (nSPS) is 17.2. The standard InChI is InChI=1S/C31H31FN4O6/c1-31(2,3)36(30(41)42)22-9-7-21(8-10-22)35-28(39)26-15-20(32)16-33-27(26)34(29(35)40)23-6-4-5-18(13-23)25-12-11-24(38)14-19(25)17-37/h4-6,11-17,21-22,38H,7-10H2,1-3H3,(H,41,42)/t21-,22+. The lowest BCUT2D eigenvalue weighted by Gasteiger charge is -2.42. The van der Waals surface area contributed by atoms with Crippen molar-refractivity contribution in [3.8, 4) is 22.6 Å². The molecule has 1 aliphatic carbocycles. The van der Waals surface area contributed by atoms with E-state index in [0.717, 1.165) is 16.8 Å². The lowest BCUT2D eigenvalue weighted by atomic mass is 9.88. The number of aromatic hydroxyl groups is 1. The van der Waals surface area contributed by atoms with Gasteiger partial charge in [0.25, 0.3) is 5.56 Å². The lowest BCUT2D eigenvalue weighted by molar-refractivity contribution is 0.0506. The molecule has 42 heavy (non-hydrogen) atoms. The third-order valence-electron chi connectivity index (χ3n) is 7.79. The molecule has 1 fully saturated rings. The highest BCUT2D eigenvalue weighted by atomic mass is 19.1. The third-order valence-corrected chi connectivity index (χ3v) is 7.79. The van der Waals surface area contributed by atoms with Crippen molar-refractivity contribution in [3.05, 3.63) is 86.9 Å². The highest BCUT2D eigenvalue weighted by Gasteiger charge is 2.37. The minimum atomic E-state index is -1.02. The van der Waals surface area contributed by atoms with Crippen LogP contribution in [0.2, 0.25) is 0 Å². The van der Waals surface area contributed by atoms with E-state index in [1.165, 1.54) is 21.6 Å². The smallest absolute Gasteiger partial charge is 0.407 e. The van der Waals surface area contributed by atoms with Gasteiger partial charge in [0.2, 0.25) is 0 Å². The van der Waals surface area contributed by atoms with Gasteiger partial charge < -0.3 is 15.1 Å². The molecule has 0 radical (unpaired) electrons. The van der Waals surface area contributed by atoms with E-state index in [4.69, 9.17) is 0 Å². The number of carbonyl (C=O) groups is 2. The van der Waals surface area contributed by atoms with Crippen molar-refractivity contribution in [2.45, 2.75) is 64.1 Å². The molecule has 0 spiro atoms. The second-order valence-electron chi connectivity index (χ2n) is 11.5. The first-order valence-corrected chi connectivity index (χ1v) is 13.6. The van der Waals surface area contributed by atoms with Gasteiger partial charge in [0.15, 0.2) is 11.9 Å². The molecule has 0 unspecified atom stereocenters. The molecule has 0 bridgehead atoms. The van der Waals surface area contributed by atoms with Gasteiger partial charge in [-0.25, -0.2) is 23.5 Å². The number of amides is 1. The molecule has 0 saturated heterocycles. The van der Waals surface area contributed by atoms with Crippen molar-refractivity contribution < 1.29 is 24.2 Å². The quantitative estimate of drug-likeness (QED) is 0.316. The molecule has 11 heteroatoms. The summed E-state index contributed by atoms with van der Waals surface area (Å²) in [4.78, 5) is 57.0. The van der Waals surface area contributed by atoms with Gasteiger partial charge in [-0.1, -0.05) is 12.1 Å². The summed E-state index contributed by atoms with van der Waals surface area (Å²) in [6.45, 7) is 5.47. The number of phenols is 1. The first-order chi connectivity index (χ1) is 19.9. The molecule has 1 saturated carbocycles. The number of fused-ring (bicyclic) bond motifs is 1. The van der Waals surface area contributed by atoms with Crippen molar-refractivity contribution in [2.75, 3.05) is 0 Å². The number of benzene rings is 2. The summed E-state index contributed by atoms with van der Waals surface area (Å²) in [5.74, 6) is -0.794. The summed E-state index contributed by atoms with van der Waals surface area (Å²) < 4.78 is 16.7. The zero-order valence-electron chi connectivity index (χ0n) is 23.5. The van der Waals surface area contributed by atoms with Crippen LogP contribution in [-0.4, -0.2) is 53.2 Å². The van der Waals surface area contributed by atoms with Crippen LogP contribution in [-0.2, 0) is 0 Å². The minimum absolute atomic E-state index is 0.0143. The molecule has 0 atom stereocenters. The van der Waals surface area contributed by atoms with Crippen molar-refractivity contribution in [1.29, 1.82) is 0 Å². The van der Waals surface area contributed by atoms with Crippen molar-refractivity contribution in [3.63, 3.8) is 0 Å². The lowest BCUT2D eigenvalue weighted by Crippen LogP contribution is -2.53. The van der Waals surface area contributed by atoms with Crippen LogP contribution in [0.5, 0.6) is 5.75 Å². The second kappa shape index (κ2) is 10.9. The van der Waals surface area contributed by atoms with Gasteiger partial charge in [-0.2, -0.15) is 0 Å². The van der Waals surface area contributed by atoms with Gasteiger partial charge in [0.05, 0.1) is 17.3 Å². The first kappa shape index (κ1) is 28.7. The average Bonchev–Trinajstić information content (AvgIpc) is 2.93. The number of aldehydes is 1. The van der Waals surface area contributed by atoms with Crippen LogP contribution < -0.4 is 11.2 Å². The molecular weight excluding hydrogens is 543 g/mol. The second-order valence-corrected chi connectivity index (χ2v) is 11.5. The SMILES string of the molecule is CC(C)(C)N(C(=O)O)[C@H]1CC[C@@H](n2c(=O)c3cc(F)cnc3n(-c3cccc(-c4ccc(O)cc4C=O)c3)c2=O)CC1. The van der Waals surface area contributed by atoms with E-state index in [-0.39, 0.29) is 28.4 Å². The van der Waals surface area contributed by atoms with E-state index in [2.05, 4.69) is 4.98 Å². The molecular formula is C31H31FN4O6. The van der Waals surface area contributed by atoms with E-state index >= 15 is 0 Å². The Balaban J connectivity index is 1.63. The Labute approximate surface area is 240 Å². The Kier molecular flexibility index (Phi) is 7.44. The van der Waals surface area contributed by atoms with Crippen LogP contribution in [0, 0.1) is 5.82 Å². The minimum Gasteiger partial charge on any atom is -0.508 e. The molecule has 2 heterocycles. The summed E-state index contributed by atoms with van der Waals surface area (Å²) >= 11 is 0. The number of rotatable bonds is 5. The van der Waals surface area contributed by atoms with E-state index in [1.54, 1.807) is 30.3 Å². The third kappa shape index (κ3) is 5.17. The number of pyridine rings is 1. The van der Waals surface area contributed by atoms with Gasteiger partial charge >= 0.3 is 11.8 Å². The number of carbonyl (C=O) groups excluding carboxylic acids is 1. The van der Waals surface area contributed by atoms with Gasteiger partial charge in [-0.15, -0.1) is 0 Å². The summed E-state index contributed by atoms with van der Waals surface area (Å²) in [7, 11) is 0. The largest absolute Gasteiger partial charge is 0.508 e. The molecule has 2 aromatic heterocycles. The Hall–Kier alpha value is -4.80. The van der Waals surface area contributed by atoms with E-state index in [0.29, 0.717) is 48.8 Å². The van der Waals surface area contributed by atoms with Crippen LogP contribution in [0.3, 0.4) is 0 Å². The van der Waals surface area contributed by atoms with E-state index < -0.39 is 34.7 Å². The van der Waals surface area contributed by atoms with Gasteiger partial charge in [-0.05, 0) is 94.0 Å². The number of phenolic OH excluding ortho intramolecular Hbond substituents is 1. The molecule has 4 aromatic rings. The zero-order chi connectivity index (χ0) is 30.3. The van der Waals surface area contributed by atoms with Crippen LogP contribution >= 0.6 is 0 Å². The number of halogens is 1. The molecule has 1 amide bonds. The molecule has 2 aromatic carbocycles. The Morgan fingerprint density at radius 2 is 1.79 bits per heavy atom. The maximum atomic E-state index is 14.3. The van der Waals surface area contributed by atoms with Crippen LogP contribution in [0.25, 0.3) is 27.8 Å². The number of nitrogens with zero attached hydrogens (tertiary/aromatic N) is 4. The summed E-state index contributed by atoms with van der Waals surface area (Å²) in [5.41, 5.74) is -0.258. The monoisotopic (exact) mass is 574 g/mol. The fourth-order valence-corrected chi connectivity index (χ4v) is 6.03. The van der Waals surface area contributed by atoms with Crippen molar-refractivity contribution in [1.82, 2.24) is 19.0 Å². The van der Waals surface area contributed by atoms with Crippen LogP contribution in [0.4, 0.5) is 9.18 Å². The van der Waals surface area contributed by atoms with Crippen LogP contribution in [0.15, 0.2) is 64.3 Å². The summed E-state index contributed by atoms with van der Waals surface area (Å²) in [6.07, 6.45) is 2.19. The predicted octanol–water partition coefficient (Wildman–Crippen LogP) is 5.13. The number of hydrogen-bond donors (Lipinski definition) is 2. The Morgan fingerprint density at radius 3 is 2.43 bits per heavy atom. The summed E-state index contributed by atoms with van der Waals surface area (Å²) in [5, 5.41) is 19.6. The Morgan fingerprint density at radius 1 is 1.07 bits per heavy atom. The molecule has 10 nitrogen and oxygen atoms in total. The van der Waals surface area contributed by atoms with Crippen molar-refractivity contribution >= 4 is 23.4 Å². The molecule has 0 aliphatic heterocycles. The van der Waals surface area contributed by atoms with Crippen LogP contribution in [0.1, 0.15) is 62.9 Å². The van der Waals surface area contributed by atoms with Gasteiger partial charge in [-0.3, -0.25) is 14.2 Å². The maximum Gasteiger partial charge on any atom is 0.407 e. The predicted molar refractivity (Wildman–Crippen MR) is 155 cm³/mol. The Bertz CT molecular complexity index is 1820. The average molecular weight is 575 g/mol. The molecule has 5 rings (SSSR count).